The summed E-state index contributed by atoms with van der Waals surface area (Å²) in [6, 6.07) is 3.60. The van der Waals surface area contributed by atoms with E-state index in [4.69, 9.17) is 15.9 Å². The zero-order valence-corrected chi connectivity index (χ0v) is 9.35. The molecule has 0 aliphatic heterocycles. The Hall–Kier alpha value is -1.63. The Kier molecular flexibility index (Phi) is 4.66. The number of benzene rings is 1. The van der Waals surface area contributed by atoms with E-state index in [1.807, 2.05) is 0 Å². The number of nitrogen functional groups attached to an aromatic ring is 1. The summed E-state index contributed by atoms with van der Waals surface area (Å²) in [7, 11) is 0. The number of hydrogen-bond acceptors (Lipinski definition) is 2. The van der Waals surface area contributed by atoms with Crippen molar-refractivity contribution in [3.05, 3.63) is 35.1 Å². The lowest BCUT2D eigenvalue weighted by Crippen LogP contribution is -2.13. The predicted molar refractivity (Wildman–Crippen MR) is 57.7 cm³/mol. The molecular weight excluding hydrogens is 252 g/mol. The number of nitrogens with two attached hydrogens (primary N) is 1. The van der Waals surface area contributed by atoms with Gasteiger partial charge in [-0.2, -0.15) is 13.2 Å². The SMILES string of the molecule is N=C(N)c1cc(F)cc(COCCC(F)(F)F)c1. The second kappa shape index (κ2) is 5.81. The lowest BCUT2D eigenvalue weighted by atomic mass is 10.1. The number of hydrogen-bond donors (Lipinski definition) is 2. The van der Waals surface area contributed by atoms with E-state index in [0.29, 0.717) is 5.56 Å². The Morgan fingerprint density at radius 1 is 1.28 bits per heavy atom. The molecule has 0 radical (unpaired) electrons. The summed E-state index contributed by atoms with van der Waals surface area (Å²) in [4.78, 5) is 0. The smallest absolute Gasteiger partial charge is 0.384 e. The molecule has 18 heavy (non-hydrogen) atoms. The first-order valence-electron chi connectivity index (χ1n) is 5.06. The highest BCUT2D eigenvalue weighted by Gasteiger charge is 2.26. The van der Waals surface area contributed by atoms with Gasteiger partial charge in [-0.25, -0.2) is 4.39 Å². The molecule has 0 fully saturated rings. The van der Waals surface area contributed by atoms with Crippen molar-refractivity contribution in [2.45, 2.75) is 19.2 Å². The van der Waals surface area contributed by atoms with E-state index in [2.05, 4.69) is 0 Å². The van der Waals surface area contributed by atoms with Crippen LogP contribution in [0.15, 0.2) is 18.2 Å². The van der Waals surface area contributed by atoms with Gasteiger partial charge in [0.05, 0.1) is 19.6 Å². The lowest BCUT2D eigenvalue weighted by molar-refractivity contribution is -0.146. The van der Waals surface area contributed by atoms with Crippen molar-refractivity contribution >= 4 is 5.84 Å². The second-order valence-corrected chi connectivity index (χ2v) is 3.68. The molecule has 0 aromatic heterocycles. The zero-order valence-electron chi connectivity index (χ0n) is 9.35. The largest absolute Gasteiger partial charge is 0.391 e. The summed E-state index contributed by atoms with van der Waals surface area (Å²) in [6.07, 6.45) is -5.33. The number of nitrogens with one attached hydrogen (secondary N) is 1. The van der Waals surface area contributed by atoms with Crippen LogP contribution in [0.25, 0.3) is 0 Å². The van der Waals surface area contributed by atoms with E-state index in [9.17, 15) is 17.6 Å². The van der Waals surface area contributed by atoms with Crippen molar-refractivity contribution in [3.8, 4) is 0 Å². The van der Waals surface area contributed by atoms with Crippen LogP contribution in [-0.2, 0) is 11.3 Å². The van der Waals surface area contributed by atoms with Crippen LogP contribution < -0.4 is 5.73 Å². The number of halogens is 4. The Morgan fingerprint density at radius 3 is 2.50 bits per heavy atom. The van der Waals surface area contributed by atoms with Gasteiger partial charge in [0.25, 0.3) is 0 Å². The van der Waals surface area contributed by atoms with Crippen LogP contribution in [-0.4, -0.2) is 18.6 Å². The van der Waals surface area contributed by atoms with Crippen LogP contribution >= 0.6 is 0 Å². The minimum atomic E-state index is -4.27. The molecule has 0 bridgehead atoms. The van der Waals surface area contributed by atoms with Gasteiger partial charge in [0.2, 0.25) is 0 Å². The molecule has 0 aliphatic rings. The average Bonchev–Trinajstić information content (AvgIpc) is 2.22. The number of rotatable bonds is 5. The van der Waals surface area contributed by atoms with Gasteiger partial charge in [-0.15, -0.1) is 0 Å². The Labute approximate surface area is 101 Å². The molecule has 0 atom stereocenters. The van der Waals surface area contributed by atoms with Gasteiger partial charge in [0.1, 0.15) is 11.7 Å². The Bertz CT molecular complexity index is 432. The fourth-order valence-corrected chi connectivity index (χ4v) is 1.27. The molecular formula is C11H12F4N2O. The van der Waals surface area contributed by atoms with Crippen LogP contribution in [0, 0.1) is 11.2 Å². The molecule has 100 valence electrons. The minimum absolute atomic E-state index is 0.159. The zero-order chi connectivity index (χ0) is 13.8. The van der Waals surface area contributed by atoms with E-state index in [1.165, 1.54) is 6.07 Å². The summed E-state index contributed by atoms with van der Waals surface area (Å²) in [5.74, 6) is -0.928. The molecule has 0 aliphatic carbocycles. The minimum Gasteiger partial charge on any atom is -0.384 e. The van der Waals surface area contributed by atoms with Crippen molar-refractivity contribution in [2.75, 3.05) is 6.61 Å². The van der Waals surface area contributed by atoms with Gasteiger partial charge in [0, 0.05) is 5.56 Å². The molecule has 3 N–H and O–H groups in total. The Morgan fingerprint density at radius 2 is 1.94 bits per heavy atom. The fraction of sp³-hybridized carbons (Fsp3) is 0.364. The Balaban J connectivity index is 2.55. The first-order valence-corrected chi connectivity index (χ1v) is 5.06. The molecule has 0 amide bonds. The maximum Gasteiger partial charge on any atom is 0.391 e. The monoisotopic (exact) mass is 264 g/mol. The standard InChI is InChI=1S/C11H12F4N2O/c12-9-4-7(3-8(5-9)10(16)17)6-18-2-1-11(13,14)15/h3-5H,1-2,6H2,(H3,16,17). The summed E-state index contributed by atoms with van der Waals surface area (Å²) in [5, 5.41) is 7.15. The van der Waals surface area contributed by atoms with Crippen LogP contribution in [0.3, 0.4) is 0 Å². The van der Waals surface area contributed by atoms with Crippen molar-refractivity contribution in [2.24, 2.45) is 5.73 Å². The first kappa shape index (κ1) is 14.4. The van der Waals surface area contributed by atoms with Gasteiger partial charge < -0.3 is 10.5 Å². The topological polar surface area (TPSA) is 59.1 Å². The average molecular weight is 264 g/mol. The molecule has 1 rings (SSSR count). The number of amidine groups is 1. The molecule has 0 saturated carbocycles. The maximum atomic E-state index is 13.1. The summed E-state index contributed by atoms with van der Waals surface area (Å²) in [5.41, 5.74) is 5.70. The highest BCUT2D eigenvalue weighted by atomic mass is 19.4. The maximum absolute atomic E-state index is 13.1. The van der Waals surface area contributed by atoms with Crippen LogP contribution in [0.2, 0.25) is 0 Å². The first-order chi connectivity index (χ1) is 8.28. The van der Waals surface area contributed by atoms with E-state index >= 15 is 0 Å². The third kappa shape index (κ3) is 5.13. The quantitative estimate of drug-likeness (QED) is 0.371. The predicted octanol–water partition coefficient (Wildman–Crippen LogP) is 2.58. The van der Waals surface area contributed by atoms with E-state index in [0.717, 1.165) is 12.1 Å². The van der Waals surface area contributed by atoms with Crippen molar-refractivity contribution in [1.29, 1.82) is 5.41 Å². The molecule has 7 heteroatoms. The van der Waals surface area contributed by atoms with Gasteiger partial charge in [0.15, 0.2) is 0 Å². The molecule has 1 aromatic rings. The van der Waals surface area contributed by atoms with E-state index in [1.54, 1.807) is 0 Å². The lowest BCUT2D eigenvalue weighted by Gasteiger charge is -2.08. The van der Waals surface area contributed by atoms with Gasteiger partial charge >= 0.3 is 6.18 Å². The molecule has 0 saturated heterocycles. The van der Waals surface area contributed by atoms with Crippen LogP contribution in [0.4, 0.5) is 17.6 Å². The molecule has 3 nitrogen and oxygen atoms in total. The van der Waals surface area contributed by atoms with Gasteiger partial charge in [-0.05, 0) is 23.8 Å². The summed E-state index contributed by atoms with van der Waals surface area (Å²) >= 11 is 0. The summed E-state index contributed by atoms with van der Waals surface area (Å²) in [6.45, 7) is -0.649. The van der Waals surface area contributed by atoms with Gasteiger partial charge in [-0.3, -0.25) is 5.41 Å². The normalized spacial score (nSPS) is 11.6. The highest BCUT2D eigenvalue weighted by Crippen LogP contribution is 2.19. The molecule has 0 heterocycles. The number of alkyl halides is 3. The van der Waals surface area contributed by atoms with Crippen molar-refractivity contribution < 1.29 is 22.3 Å². The third-order valence-corrected chi connectivity index (χ3v) is 2.07. The van der Waals surface area contributed by atoms with Crippen LogP contribution in [0.5, 0.6) is 0 Å². The highest BCUT2D eigenvalue weighted by molar-refractivity contribution is 5.95. The van der Waals surface area contributed by atoms with Crippen molar-refractivity contribution in [1.82, 2.24) is 0 Å². The number of ether oxygens (including phenoxy) is 1. The van der Waals surface area contributed by atoms with E-state index < -0.39 is 25.0 Å². The second-order valence-electron chi connectivity index (χ2n) is 3.68. The fourth-order valence-electron chi connectivity index (χ4n) is 1.27. The van der Waals surface area contributed by atoms with E-state index in [-0.39, 0.29) is 18.0 Å². The van der Waals surface area contributed by atoms with Crippen molar-refractivity contribution in [3.63, 3.8) is 0 Å². The third-order valence-electron chi connectivity index (χ3n) is 2.07. The molecule has 1 aromatic carbocycles. The molecule has 0 spiro atoms. The summed E-state index contributed by atoms with van der Waals surface area (Å²) < 4.78 is 53.4. The molecule has 0 unspecified atom stereocenters. The van der Waals surface area contributed by atoms with Gasteiger partial charge in [-0.1, -0.05) is 0 Å². The van der Waals surface area contributed by atoms with Crippen LogP contribution in [0.1, 0.15) is 17.5 Å².